The molecule has 0 radical (unpaired) electrons. The minimum Gasteiger partial charge on any atom is -0.364 e. The van der Waals surface area contributed by atoms with E-state index in [1.54, 1.807) is 11.1 Å². The number of hydrogen-bond donors (Lipinski definition) is 0. The monoisotopic (exact) mass is 983 g/mol. The number of ether oxygens (including phenoxy) is 1. The van der Waals surface area contributed by atoms with Crippen molar-refractivity contribution in [1.82, 2.24) is 0 Å². The number of hydrogen-bond acceptors (Lipinski definition) is 3. The number of benzene rings is 8. The van der Waals surface area contributed by atoms with Crippen LogP contribution in [0.1, 0.15) is 243 Å². The van der Waals surface area contributed by atoms with Gasteiger partial charge in [-0.05, 0) is 219 Å². The van der Waals surface area contributed by atoms with Gasteiger partial charge in [0.1, 0.15) is 0 Å². The third-order valence-corrected chi connectivity index (χ3v) is 20.8. The lowest BCUT2D eigenvalue weighted by Crippen LogP contribution is -2.33. The average molecular weight is 983 g/mol. The van der Waals surface area contributed by atoms with Gasteiger partial charge < -0.3 is 4.74 Å². The zero-order valence-electron chi connectivity index (χ0n) is 44.8. The first-order valence-corrected chi connectivity index (χ1v) is 30.2. The summed E-state index contributed by atoms with van der Waals surface area (Å²) < 4.78 is 7.65. The highest BCUT2D eigenvalue weighted by Crippen LogP contribution is 2.72. The van der Waals surface area contributed by atoms with Crippen molar-refractivity contribution in [2.24, 2.45) is 0 Å². The third-order valence-electron chi connectivity index (χ3n) is 20.8. The average Bonchev–Trinajstić information content (AvgIpc) is 4.43. The molecule has 2 bridgehead atoms. The molecule has 0 aromatic heterocycles. The summed E-state index contributed by atoms with van der Waals surface area (Å²) in [6.07, 6.45) is 22.5. The van der Waals surface area contributed by atoms with Crippen LogP contribution in [0.4, 0.5) is 0 Å². The van der Waals surface area contributed by atoms with Crippen LogP contribution in [0.25, 0.3) is 87.6 Å². The van der Waals surface area contributed by atoms with Gasteiger partial charge in [-0.2, -0.15) is 0 Å². The van der Waals surface area contributed by atoms with Gasteiger partial charge in [0.2, 0.25) is 0 Å². The van der Waals surface area contributed by atoms with Crippen molar-refractivity contribution in [2.75, 3.05) is 0 Å². The molecule has 4 unspecified atom stereocenters. The largest absolute Gasteiger partial charge is 0.364 e. The van der Waals surface area contributed by atoms with Gasteiger partial charge in [0, 0.05) is 23.0 Å². The molecular formula is C72H70O3. The Balaban J connectivity index is 1.02. The second-order valence-electron chi connectivity index (χ2n) is 24.6. The summed E-state index contributed by atoms with van der Waals surface area (Å²) in [6, 6.07) is 29.5. The highest BCUT2D eigenvalue weighted by molar-refractivity contribution is 6.30. The molecular weight excluding hydrogens is 913 g/mol. The van der Waals surface area contributed by atoms with Gasteiger partial charge in [0.05, 0.1) is 24.0 Å². The fourth-order valence-electron chi connectivity index (χ4n) is 17.7. The maximum absolute atomic E-state index is 16.3. The molecule has 0 amide bonds. The first-order chi connectivity index (χ1) is 37.0. The molecule has 3 heteroatoms. The van der Waals surface area contributed by atoms with Crippen molar-refractivity contribution < 1.29 is 14.3 Å². The third kappa shape index (κ3) is 5.82. The predicted octanol–water partition coefficient (Wildman–Crippen LogP) is 19.7. The Morgan fingerprint density at radius 3 is 1.03 bits per heavy atom. The number of carbonyl (C=O) groups is 2. The summed E-state index contributed by atoms with van der Waals surface area (Å²) in [6.45, 7) is 9.21. The summed E-state index contributed by atoms with van der Waals surface area (Å²) in [4.78, 5) is 32.6. The summed E-state index contributed by atoms with van der Waals surface area (Å²) in [5, 5.41) is 10.6. The molecule has 1 saturated heterocycles. The zero-order valence-corrected chi connectivity index (χ0v) is 44.8. The van der Waals surface area contributed by atoms with Crippen molar-refractivity contribution >= 4 is 54.7 Å². The van der Waals surface area contributed by atoms with Crippen LogP contribution in [0, 0.1) is 0 Å². The molecule has 5 aliphatic carbocycles. The van der Waals surface area contributed by atoms with Crippen LogP contribution in [0.2, 0.25) is 0 Å². The Morgan fingerprint density at radius 2 is 0.667 bits per heavy atom. The van der Waals surface area contributed by atoms with Gasteiger partial charge >= 0.3 is 0 Å². The predicted molar refractivity (Wildman–Crippen MR) is 309 cm³/mol. The normalized spacial score (nSPS) is 21.3. The van der Waals surface area contributed by atoms with Gasteiger partial charge in [-0.25, -0.2) is 0 Å². The molecule has 3 nitrogen and oxygen atoms in total. The Labute approximate surface area is 442 Å². The van der Waals surface area contributed by atoms with Crippen LogP contribution in [0.3, 0.4) is 0 Å². The van der Waals surface area contributed by atoms with Crippen LogP contribution < -0.4 is 0 Å². The summed E-state index contributed by atoms with van der Waals surface area (Å²) in [5.41, 5.74) is 25.5. The van der Waals surface area contributed by atoms with Crippen LogP contribution in [0.15, 0.2) is 72.8 Å². The SMILES string of the molecule is CCCCCCc1c2c3c(CCCCCC)c4cc5c(cc14)-c1ccc4c6c(ccc-5c16)C1C4[C@@H]4O[C@H]1c1c4c(CCCCCC)c4cc5c(cc4c1CCCCCC)-c1ccc4c6c(ccc-5c16)C(C2=O)C4C3=O. The van der Waals surface area contributed by atoms with Gasteiger partial charge in [-0.15, -0.1) is 0 Å². The van der Waals surface area contributed by atoms with Gasteiger partial charge in [0.25, 0.3) is 0 Å². The summed E-state index contributed by atoms with van der Waals surface area (Å²) >= 11 is 0. The molecule has 7 aliphatic rings. The molecule has 2 heterocycles. The van der Waals surface area contributed by atoms with Gasteiger partial charge in [-0.1, -0.05) is 153 Å². The van der Waals surface area contributed by atoms with E-state index in [0.717, 1.165) is 97.6 Å². The number of unbranched alkanes of at least 4 members (excludes halogenated alkanes) is 12. The van der Waals surface area contributed by atoms with E-state index in [1.807, 2.05) is 0 Å². The lowest BCUT2D eigenvalue weighted by molar-refractivity contribution is 0.0632. The van der Waals surface area contributed by atoms with Crippen molar-refractivity contribution in [2.45, 2.75) is 192 Å². The molecule has 2 aliphatic heterocycles. The van der Waals surface area contributed by atoms with Crippen molar-refractivity contribution in [3.8, 4) is 44.5 Å². The van der Waals surface area contributed by atoms with E-state index in [2.05, 4.69) is 100 Å². The first-order valence-electron chi connectivity index (χ1n) is 30.2. The molecule has 8 aromatic carbocycles. The molecule has 0 spiro atoms. The topological polar surface area (TPSA) is 43.4 Å². The Bertz CT molecular complexity index is 3660. The van der Waals surface area contributed by atoms with E-state index in [4.69, 9.17) is 4.74 Å². The highest BCUT2D eigenvalue weighted by Gasteiger charge is 2.59. The maximum Gasteiger partial charge on any atom is 0.172 e. The fourth-order valence-corrected chi connectivity index (χ4v) is 17.7. The Kier molecular flexibility index (Phi) is 10.1. The molecule has 75 heavy (non-hydrogen) atoms. The van der Waals surface area contributed by atoms with Crippen LogP contribution >= 0.6 is 0 Å². The summed E-state index contributed by atoms with van der Waals surface area (Å²) in [5.74, 6) is -0.122. The minimum absolute atomic E-state index is 0.0284. The number of ketones is 2. The Hall–Kier alpha value is -5.90. The van der Waals surface area contributed by atoms with E-state index >= 15 is 9.59 Å². The molecule has 8 aromatic rings. The number of carbonyl (C=O) groups excluding carboxylic acids is 2. The molecule has 0 saturated carbocycles. The van der Waals surface area contributed by atoms with E-state index in [-0.39, 0.29) is 35.6 Å². The molecule has 376 valence electrons. The number of fused-ring (bicyclic) bond motifs is 22. The maximum atomic E-state index is 16.3. The number of Topliss-reactive ketones (excluding diaryl/α,β-unsaturated/α-hetero) is 2. The lowest BCUT2D eigenvalue weighted by atomic mass is 9.68. The van der Waals surface area contributed by atoms with Crippen molar-refractivity contribution in [3.63, 3.8) is 0 Å². The quantitative estimate of drug-likeness (QED) is 0.0715. The Morgan fingerprint density at radius 1 is 0.347 bits per heavy atom. The lowest BCUT2D eigenvalue weighted by Gasteiger charge is -2.32. The minimum atomic E-state index is -0.518. The zero-order chi connectivity index (χ0) is 50.1. The van der Waals surface area contributed by atoms with E-state index in [0.29, 0.717) is 0 Å². The number of rotatable bonds is 20. The number of aryl methyl sites for hydroxylation is 4. The van der Waals surface area contributed by atoms with Crippen molar-refractivity contribution in [1.29, 1.82) is 0 Å². The van der Waals surface area contributed by atoms with Gasteiger partial charge in [0.15, 0.2) is 11.6 Å². The molecule has 0 N–H and O–H groups in total. The van der Waals surface area contributed by atoms with E-state index in [9.17, 15) is 0 Å². The summed E-state index contributed by atoms with van der Waals surface area (Å²) in [7, 11) is 0. The van der Waals surface area contributed by atoms with Crippen LogP contribution in [0.5, 0.6) is 0 Å². The van der Waals surface area contributed by atoms with Gasteiger partial charge in [-0.3, -0.25) is 9.59 Å². The highest BCUT2D eigenvalue weighted by atomic mass is 16.5. The molecule has 1 fully saturated rings. The van der Waals surface area contributed by atoms with Crippen molar-refractivity contribution in [3.05, 3.63) is 140 Å². The molecule has 6 atom stereocenters. The van der Waals surface area contributed by atoms with Crippen LogP contribution in [-0.2, 0) is 30.4 Å². The first kappa shape index (κ1) is 45.3. The van der Waals surface area contributed by atoms with Crippen LogP contribution in [-0.4, -0.2) is 11.6 Å². The van der Waals surface area contributed by atoms with E-state index < -0.39 is 11.8 Å². The smallest absolute Gasteiger partial charge is 0.172 e. The van der Waals surface area contributed by atoms with E-state index in [1.165, 1.54) is 174 Å². The second kappa shape index (κ2) is 16.8. The molecule has 15 rings (SSSR count). The standard InChI is InChI=1S/C72H70O3/c1-5-9-13-17-21-37-49-33-53-43-27-31-47-60-48-32-28-44(58(43)60)54(53)34-50(49)38(22-18-14-10-6-2)62-61(37)69(73)63-45-29-25-41-55-35-51-39(23-19-15-11-7-3)65-66(72-68(48)67(47)71(65)75-72)40(24-20-16-12-8-4)52(51)36-56(55)42-26-30-46(59(45)57(41)42)64(63)70(62)74/h25-36,63-64,67-68,71-72H,5-24H2,1-4H3/t63?,64?,67?,68?,71-,72+. The fraction of sp³-hybridized carbons (Fsp3) is 0.417. The second-order valence-corrected chi connectivity index (χ2v) is 24.6.